The summed E-state index contributed by atoms with van der Waals surface area (Å²) in [6, 6.07) is 17.1. The van der Waals surface area contributed by atoms with Crippen molar-refractivity contribution in [1.29, 1.82) is 0 Å². The first kappa shape index (κ1) is 56.9. The van der Waals surface area contributed by atoms with Crippen molar-refractivity contribution in [3.05, 3.63) is 88.0 Å². The van der Waals surface area contributed by atoms with Crippen molar-refractivity contribution in [2.45, 2.75) is 155 Å². The summed E-state index contributed by atoms with van der Waals surface area (Å²) in [4.78, 5) is 4.69. The molecule has 0 N–H and O–H groups in total. The normalized spacial score (nSPS) is 11.3. The van der Waals surface area contributed by atoms with Crippen LogP contribution in [0, 0.1) is 0 Å². The van der Waals surface area contributed by atoms with Crippen LogP contribution in [0.3, 0.4) is 0 Å². The first-order chi connectivity index (χ1) is 33.8. The monoisotopic (exact) mass is 1220 g/mol. The van der Waals surface area contributed by atoms with Gasteiger partial charge < -0.3 is 0 Å². The van der Waals surface area contributed by atoms with E-state index in [1.807, 2.05) is 6.07 Å². The first-order valence-corrected chi connectivity index (χ1v) is 32.0. The third kappa shape index (κ3) is 17.1. The molecule has 1 radical (unpaired) electrons. The van der Waals surface area contributed by atoms with Gasteiger partial charge in [0, 0.05) is 41.8 Å². The van der Waals surface area contributed by atoms with Crippen molar-refractivity contribution < 1.29 is 0 Å². The molecule has 69 heavy (non-hydrogen) atoms. The summed E-state index contributed by atoms with van der Waals surface area (Å²) in [6.07, 6.45) is 29.7. The molecule has 0 fully saturated rings. The van der Waals surface area contributed by atoms with Gasteiger partial charge in [-0.25, -0.2) is 0 Å². The molecule has 0 atom stereocenters. The van der Waals surface area contributed by atoms with E-state index in [0.29, 0.717) is 0 Å². The van der Waals surface area contributed by atoms with E-state index in [4.69, 9.17) is 23.2 Å². The van der Waals surface area contributed by atoms with E-state index in [0.717, 1.165) is 80.7 Å². The molecule has 0 aliphatic rings. The van der Waals surface area contributed by atoms with Crippen molar-refractivity contribution in [3.8, 4) is 41.8 Å². The van der Waals surface area contributed by atoms with Crippen LogP contribution in [0.1, 0.15) is 153 Å². The second kappa shape index (κ2) is 31.4. The van der Waals surface area contributed by atoms with Gasteiger partial charge in [-0.15, -0.1) is 45.3 Å². The molecule has 0 spiro atoms. The van der Waals surface area contributed by atoms with E-state index < -0.39 is 0 Å². The Labute approximate surface area is 468 Å². The zero-order chi connectivity index (χ0) is 48.8. The Morgan fingerprint density at radius 2 is 1.04 bits per heavy atom. The summed E-state index contributed by atoms with van der Waals surface area (Å²) >= 11 is 33.6. The Hall–Kier alpha value is -1.37. The minimum absolute atomic E-state index is 0.727. The average molecular weight is 1220 g/mol. The van der Waals surface area contributed by atoms with E-state index in [1.165, 1.54) is 177 Å². The molecular formula is C52H61BBr2Cl2N5S7. The quantitative estimate of drug-likeness (QED) is 0.0333. The average Bonchev–Trinajstić information content (AvgIpc) is 4.21. The van der Waals surface area contributed by atoms with E-state index in [9.17, 15) is 0 Å². The first-order valence-electron chi connectivity index (χ1n) is 24.4. The molecule has 0 unspecified atom stereocenters. The molecule has 6 heterocycles. The Bertz CT molecular complexity index is 2750. The van der Waals surface area contributed by atoms with Crippen molar-refractivity contribution in [1.82, 2.24) is 17.5 Å². The van der Waals surface area contributed by atoms with Gasteiger partial charge in [-0.3, -0.25) is 0 Å². The molecular weight excluding hydrogens is 1160 g/mol. The van der Waals surface area contributed by atoms with Crippen LogP contribution in [0.2, 0.25) is 10.0 Å². The third-order valence-electron chi connectivity index (χ3n) is 12.1. The summed E-state index contributed by atoms with van der Waals surface area (Å²) in [5, 5.41) is 5.86. The molecule has 17 heteroatoms. The maximum absolute atomic E-state index is 6.81. The summed E-state index contributed by atoms with van der Waals surface area (Å²) in [5.74, 6) is 0. The summed E-state index contributed by atoms with van der Waals surface area (Å²) in [7, 11) is 4.34. The van der Waals surface area contributed by atoms with Crippen LogP contribution in [0.5, 0.6) is 0 Å². The number of halogens is 4. The summed E-state index contributed by atoms with van der Waals surface area (Å²) in [5.41, 5.74) is 10.7. The van der Waals surface area contributed by atoms with Crippen molar-refractivity contribution in [3.63, 3.8) is 0 Å². The van der Waals surface area contributed by atoms with Gasteiger partial charge in [0.1, 0.15) is 22.1 Å². The number of hydrogen-bond donors (Lipinski definition) is 1. The van der Waals surface area contributed by atoms with Gasteiger partial charge in [0.05, 0.1) is 41.1 Å². The van der Waals surface area contributed by atoms with Gasteiger partial charge >= 0.3 is 24.8 Å². The van der Waals surface area contributed by atoms with Crippen molar-refractivity contribution in [2.75, 3.05) is 0 Å². The molecule has 0 aliphatic heterocycles. The molecule has 6 aromatic heterocycles. The van der Waals surface area contributed by atoms with Gasteiger partial charge in [-0.05, 0) is 122 Å². The van der Waals surface area contributed by atoms with Crippen molar-refractivity contribution >= 4 is 166 Å². The zero-order valence-corrected chi connectivity index (χ0v) is 50.0. The number of thiophene rings is 4. The number of nitrogens with zero attached hydrogens (tertiary/aromatic N) is 5. The van der Waals surface area contributed by atoms with Crippen LogP contribution >= 0.6 is 137 Å². The predicted octanol–water partition coefficient (Wildman–Crippen LogP) is 22.2. The van der Waals surface area contributed by atoms with Crippen LogP contribution in [0.4, 0.5) is 0 Å². The molecule has 0 aliphatic carbocycles. The second-order valence-electron chi connectivity index (χ2n) is 17.3. The Balaban J connectivity index is 0.000000215. The third-order valence-corrected chi connectivity index (χ3v) is 19.3. The Kier molecular flexibility index (Phi) is 25.9. The summed E-state index contributed by atoms with van der Waals surface area (Å²) < 4.78 is 23.5. The molecule has 8 rings (SSSR count). The molecule has 0 saturated carbocycles. The number of aromatic nitrogens is 4. The fourth-order valence-corrected chi connectivity index (χ4v) is 15.3. The number of unbranched alkanes of at least 4 members (excludes halogenated alkanes) is 18. The molecule has 367 valence electrons. The topological polar surface area (TPSA) is 63.9 Å². The van der Waals surface area contributed by atoms with Crippen LogP contribution in [-0.2, 0) is 12.8 Å². The molecule has 0 bridgehead atoms. The van der Waals surface area contributed by atoms with E-state index >= 15 is 0 Å². The van der Waals surface area contributed by atoms with Crippen LogP contribution in [0.25, 0.3) is 63.8 Å². The van der Waals surface area contributed by atoms with E-state index in [2.05, 4.69) is 141 Å². The number of aryl methyl sites for hydroxylation is 2. The molecule has 0 amide bonds. The zero-order valence-electron chi connectivity index (χ0n) is 39.6. The number of fused-ring (bicyclic) bond motifs is 2. The number of rotatable bonds is 26. The Morgan fingerprint density at radius 1 is 0.551 bits per heavy atom. The maximum atomic E-state index is 6.81. The number of thiol groups is 1. The predicted molar refractivity (Wildman–Crippen MR) is 322 cm³/mol. The minimum atomic E-state index is 0.727. The molecule has 5 nitrogen and oxygen atoms in total. The van der Waals surface area contributed by atoms with Crippen LogP contribution in [-0.4, -0.2) is 25.1 Å². The fourth-order valence-electron chi connectivity index (χ4n) is 8.51. The van der Waals surface area contributed by atoms with Gasteiger partial charge in [-0.2, -0.15) is 17.5 Å². The summed E-state index contributed by atoms with van der Waals surface area (Å²) in [6.45, 7) is 4.56. The van der Waals surface area contributed by atoms with E-state index in [-0.39, 0.29) is 0 Å². The van der Waals surface area contributed by atoms with E-state index in [1.54, 1.807) is 45.3 Å². The molecule has 2 aromatic carbocycles. The van der Waals surface area contributed by atoms with Gasteiger partial charge in [0.2, 0.25) is 0 Å². The molecule has 0 saturated heterocycles. The molecule has 8 aromatic rings. The second-order valence-corrected chi connectivity index (χ2v) is 26.1. The standard InChI is InChI=1S/C26H29Br2ClN2S3.C26H31ClN2S3.BHNS/c1-2-3-4-5-6-7-8-9-10-11-12-17-15-21(33-26(17)28)18-16-19(29)23(20-13-14-22(27)32-20)25-24(18)30-34-31-25;1-2-3-4-5-6-7-8-9-10-11-13-19-16-23(31-18-19)20-17-21(27)24(22-14-12-15-30-22)26-25(20)28-32-29-26;1-2-3/h13-16H,2-12H2,1H3;12,14-18H,2-11,13H2,1H3;3H. The van der Waals surface area contributed by atoms with Gasteiger partial charge in [0.25, 0.3) is 0 Å². The number of benzene rings is 2. The Morgan fingerprint density at radius 3 is 1.55 bits per heavy atom. The van der Waals surface area contributed by atoms with Gasteiger partial charge in [-0.1, -0.05) is 159 Å². The fraction of sp³-hybridized carbons (Fsp3) is 0.462. The SMILES string of the molecule is CCCCCCCCCCCCc1cc(-c2cc(Cl)c(-c3ccc(Br)s3)c3nsnc23)sc1Br.CCCCCCCCCCCCc1csc(-c2cc(Cl)c(-c3cccs3)c3nsnc23)c1.[B]=NS. The van der Waals surface area contributed by atoms with Crippen molar-refractivity contribution in [2.24, 2.45) is 4.30 Å². The number of hydrogen-bond acceptors (Lipinski definition) is 12. The van der Waals surface area contributed by atoms with Gasteiger partial charge in [0.15, 0.2) is 0 Å². The van der Waals surface area contributed by atoms with Crippen LogP contribution < -0.4 is 0 Å². The van der Waals surface area contributed by atoms with Crippen LogP contribution in [0.15, 0.2) is 71.2 Å².